The summed E-state index contributed by atoms with van der Waals surface area (Å²) >= 11 is 0. The number of benzene rings is 1. The third-order valence-electron chi connectivity index (χ3n) is 2.38. The Balaban J connectivity index is 2.32. The second-order valence-corrected chi connectivity index (χ2v) is 4.77. The van der Waals surface area contributed by atoms with E-state index in [4.69, 9.17) is 4.74 Å². The van der Waals surface area contributed by atoms with Crippen molar-refractivity contribution in [1.82, 2.24) is 5.32 Å². The Hall–Kier alpha value is -1.46. The SMILES string of the molecule is CC(C)COCC(O)CNC(=O)c1ccccc1F. The summed E-state index contributed by atoms with van der Waals surface area (Å²) in [5, 5.41) is 12.1. The number of ether oxygens (including phenoxy) is 1. The van der Waals surface area contributed by atoms with Gasteiger partial charge < -0.3 is 15.2 Å². The van der Waals surface area contributed by atoms with Crippen LogP contribution in [-0.4, -0.2) is 36.9 Å². The van der Waals surface area contributed by atoms with Crippen LogP contribution >= 0.6 is 0 Å². The highest BCUT2D eigenvalue weighted by Gasteiger charge is 2.12. The number of aliphatic hydroxyl groups excluding tert-OH is 1. The molecule has 0 spiro atoms. The van der Waals surface area contributed by atoms with Gasteiger partial charge in [0.25, 0.3) is 5.91 Å². The maximum atomic E-state index is 13.3. The molecule has 1 aromatic rings. The summed E-state index contributed by atoms with van der Waals surface area (Å²) < 4.78 is 18.6. The van der Waals surface area contributed by atoms with Crippen LogP contribution in [0.25, 0.3) is 0 Å². The first-order valence-corrected chi connectivity index (χ1v) is 6.29. The van der Waals surface area contributed by atoms with Gasteiger partial charge in [0.15, 0.2) is 0 Å². The molecule has 1 amide bonds. The molecule has 0 aliphatic carbocycles. The molecule has 106 valence electrons. The van der Waals surface area contributed by atoms with E-state index in [2.05, 4.69) is 5.32 Å². The van der Waals surface area contributed by atoms with Crippen molar-refractivity contribution in [3.8, 4) is 0 Å². The van der Waals surface area contributed by atoms with Crippen LogP contribution in [0.1, 0.15) is 24.2 Å². The first kappa shape index (κ1) is 15.6. The zero-order valence-corrected chi connectivity index (χ0v) is 11.2. The van der Waals surface area contributed by atoms with Crippen molar-refractivity contribution in [1.29, 1.82) is 0 Å². The van der Waals surface area contributed by atoms with Crippen molar-refractivity contribution in [2.75, 3.05) is 19.8 Å². The zero-order chi connectivity index (χ0) is 14.3. The van der Waals surface area contributed by atoms with Crippen LogP contribution in [0, 0.1) is 11.7 Å². The van der Waals surface area contributed by atoms with E-state index in [1.807, 2.05) is 13.8 Å². The number of halogens is 1. The number of aliphatic hydroxyl groups is 1. The van der Waals surface area contributed by atoms with Crippen LogP contribution in [0.3, 0.4) is 0 Å². The summed E-state index contributed by atoms with van der Waals surface area (Å²) in [6, 6.07) is 5.71. The Morgan fingerprint density at radius 3 is 2.68 bits per heavy atom. The Morgan fingerprint density at radius 2 is 2.05 bits per heavy atom. The number of carbonyl (C=O) groups is 1. The molecule has 0 bridgehead atoms. The maximum absolute atomic E-state index is 13.3. The minimum atomic E-state index is -0.797. The second-order valence-electron chi connectivity index (χ2n) is 4.77. The monoisotopic (exact) mass is 269 g/mol. The molecule has 0 saturated heterocycles. The standard InChI is InChI=1S/C14H20FNO3/c1-10(2)8-19-9-11(17)7-16-14(18)12-5-3-4-6-13(12)15/h3-6,10-11,17H,7-9H2,1-2H3,(H,16,18). The van der Waals surface area contributed by atoms with Crippen molar-refractivity contribution in [3.05, 3.63) is 35.6 Å². The van der Waals surface area contributed by atoms with E-state index in [-0.39, 0.29) is 18.7 Å². The lowest BCUT2D eigenvalue weighted by Crippen LogP contribution is -2.35. The summed E-state index contributed by atoms with van der Waals surface area (Å²) in [5.74, 6) is -0.730. The summed E-state index contributed by atoms with van der Waals surface area (Å²) in [6.07, 6.45) is -0.797. The fraction of sp³-hybridized carbons (Fsp3) is 0.500. The fourth-order valence-corrected chi connectivity index (χ4v) is 1.45. The van der Waals surface area contributed by atoms with Crippen molar-refractivity contribution in [3.63, 3.8) is 0 Å². The van der Waals surface area contributed by atoms with Gasteiger partial charge in [0.2, 0.25) is 0 Å². The fourth-order valence-electron chi connectivity index (χ4n) is 1.45. The Bertz CT molecular complexity index is 409. The number of hydrogen-bond donors (Lipinski definition) is 2. The number of amides is 1. The summed E-state index contributed by atoms with van der Waals surface area (Å²) in [6.45, 7) is 4.75. The third-order valence-corrected chi connectivity index (χ3v) is 2.38. The molecule has 1 atom stereocenters. The van der Waals surface area contributed by atoms with E-state index in [1.165, 1.54) is 18.2 Å². The minimum Gasteiger partial charge on any atom is -0.389 e. The molecule has 0 fully saturated rings. The van der Waals surface area contributed by atoms with Crippen LogP contribution < -0.4 is 5.32 Å². The average molecular weight is 269 g/mol. The molecule has 1 rings (SSSR count). The molecule has 0 heterocycles. The zero-order valence-electron chi connectivity index (χ0n) is 11.2. The smallest absolute Gasteiger partial charge is 0.254 e. The largest absolute Gasteiger partial charge is 0.389 e. The van der Waals surface area contributed by atoms with Gasteiger partial charge in [-0.05, 0) is 18.1 Å². The van der Waals surface area contributed by atoms with E-state index < -0.39 is 17.8 Å². The Labute approximate surface area is 112 Å². The van der Waals surface area contributed by atoms with Gasteiger partial charge in [-0.1, -0.05) is 26.0 Å². The van der Waals surface area contributed by atoms with Gasteiger partial charge in [-0.25, -0.2) is 4.39 Å². The first-order chi connectivity index (χ1) is 9.00. The lowest BCUT2D eigenvalue weighted by molar-refractivity contribution is 0.0259. The van der Waals surface area contributed by atoms with Gasteiger partial charge in [-0.3, -0.25) is 4.79 Å². The van der Waals surface area contributed by atoms with Crippen LogP contribution in [-0.2, 0) is 4.74 Å². The van der Waals surface area contributed by atoms with E-state index in [0.29, 0.717) is 12.5 Å². The van der Waals surface area contributed by atoms with Crippen molar-refractivity contribution >= 4 is 5.91 Å². The molecule has 19 heavy (non-hydrogen) atoms. The van der Waals surface area contributed by atoms with E-state index >= 15 is 0 Å². The quantitative estimate of drug-likeness (QED) is 0.790. The minimum absolute atomic E-state index is 0.0298. The number of carbonyl (C=O) groups excluding carboxylic acids is 1. The molecular weight excluding hydrogens is 249 g/mol. The molecule has 0 saturated carbocycles. The predicted molar refractivity (Wildman–Crippen MR) is 70.4 cm³/mol. The van der Waals surface area contributed by atoms with Crippen molar-refractivity contribution < 1.29 is 19.0 Å². The van der Waals surface area contributed by atoms with Crippen LogP contribution in [0.4, 0.5) is 4.39 Å². The van der Waals surface area contributed by atoms with Gasteiger partial charge in [0.05, 0.1) is 18.3 Å². The topological polar surface area (TPSA) is 58.6 Å². The van der Waals surface area contributed by atoms with E-state index in [0.717, 1.165) is 0 Å². The molecule has 0 aromatic heterocycles. The van der Waals surface area contributed by atoms with Gasteiger partial charge >= 0.3 is 0 Å². The number of rotatable bonds is 7. The molecule has 0 aliphatic heterocycles. The molecule has 2 N–H and O–H groups in total. The summed E-state index contributed by atoms with van der Waals surface area (Å²) in [4.78, 5) is 11.6. The highest BCUT2D eigenvalue weighted by Crippen LogP contribution is 2.05. The van der Waals surface area contributed by atoms with Crippen LogP contribution in [0.2, 0.25) is 0 Å². The maximum Gasteiger partial charge on any atom is 0.254 e. The van der Waals surface area contributed by atoms with Crippen molar-refractivity contribution in [2.45, 2.75) is 20.0 Å². The van der Waals surface area contributed by atoms with E-state index in [1.54, 1.807) is 6.07 Å². The predicted octanol–water partition coefficient (Wildman–Crippen LogP) is 1.59. The van der Waals surface area contributed by atoms with Crippen molar-refractivity contribution in [2.24, 2.45) is 5.92 Å². The van der Waals surface area contributed by atoms with Crippen LogP contribution in [0.5, 0.6) is 0 Å². The van der Waals surface area contributed by atoms with E-state index in [9.17, 15) is 14.3 Å². The van der Waals surface area contributed by atoms with Gasteiger partial charge in [-0.15, -0.1) is 0 Å². The van der Waals surface area contributed by atoms with Gasteiger partial charge in [0, 0.05) is 13.2 Å². The lowest BCUT2D eigenvalue weighted by Gasteiger charge is -2.13. The Morgan fingerprint density at radius 1 is 1.37 bits per heavy atom. The Kier molecular flexibility index (Phi) is 6.45. The number of hydrogen-bond acceptors (Lipinski definition) is 3. The normalized spacial score (nSPS) is 12.5. The first-order valence-electron chi connectivity index (χ1n) is 6.29. The highest BCUT2D eigenvalue weighted by molar-refractivity contribution is 5.94. The van der Waals surface area contributed by atoms with Gasteiger partial charge in [0.1, 0.15) is 5.82 Å². The molecule has 0 radical (unpaired) electrons. The molecular formula is C14H20FNO3. The third kappa shape index (κ3) is 5.81. The summed E-state index contributed by atoms with van der Waals surface area (Å²) in [7, 11) is 0. The molecule has 4 nitrogen and oxygen atoms in total. The average Bonchev–Trinajstić information content (AvgIpc) is 2.36. The molecule has 0 aliphatic rings. The van der Waals surface area contributed by atoms with Crippen LogP contribution in [0.15, 0.2) is 24.3 Å². The van der Waals surface area contributed by atoms with Gasteiger partial charge in [-0.2, -0.15) is 0 Å². The molecule has 1 aromatic carbocycles. The second kappa shape index (κ2) is 7.86. The molecule has 1 unspecified atom stereocenters. The number of nitrogens with one attached hydrogen (secondary N) is 1. The highest BCUT2D eigenvalue weighted by atomic mass is 19.1. The summed E-state index contributed by atoms with van der Waals surface area (Å²) in [5.41, 5.74) is -0.0298. The lowest BCUT2D eigenvalue weighted by atomic mass is 10.2. The molecule has 5 heteroatoms.